The van der Waals surface area contributed by atoms with Gasteiger partial charge >= 0.3 is 0 Å². The van der Waals surface area contributed by atoms with E-state index < -0.39 is 0 Å². The van der Waals surface area contributed by atoms with E-state index in [9.17, 15) is 9.59 Å². The Hall–Kier alpha value is -0.810. The molecule has 116 valence electrons. The van der Waals surface area contributed by atoms with Crippen molar-refractivity contribution in [3.05, 3.63) is 0 Å². The number of hydrogen-bond donors (Lipinski definition) is 3. The van der Waals surface area contributed by atoms with E-state index in [4.69, 9.17) is 11.5 Å². The van der Waals surface area contributed by atoms with Gasteiger partial charge in [-0.15, -0.1) is 12.4 Å². The summed E-state index contributed by atoms with van der Waals surface area (Å²) in [5, 5.41) is 3.12. The van der Waals surface area contributed by atoms with Crippen molar-refractivity contribution in [2.75, 3.05) is 0 Å². The van der Waals surface area contributed by atoms with E-state index in [2.05, 4.69) is 5.32 Å². The number of rotatable bonds is 3. The van der Waals surface area contributed by atoms with Gasteiger partial charge in [0.1, 0.15) is 0 Å². The van der Waals surface area contributed by atoms with E-state index >= 15 is 0 Å². The Morgan fingerprint density at radius 1 is 0.950 bits per heavy atom. The first kappa shape index (κ1) is 17.2. The van der Waals surface area contributed by atoms with Gasteiger partial charge in [0, 0.05) is 23.9 Å². The van der Waals surface area contributed by atoms with Crippen molar-refractivity contribution in [1.29, 1.82) is 0 Å². The molecule has 0 bridgehead atoms. The molecule has 2 unspecified atom stereocenters. The molecule has 2 aliphatic rings. The fraction of sp³-hybridized carbons (Fsp3) is 0.857. The van der Waals surface area contributed by atoms with Crippen LogP contribution in [0.1, 0.15) is 51.4 Å². The number of halogens is 1. The number of primary amides is 1. The van der Waals surface area contributed by atoms with Crippen molar-refractivity contribution in [2.24, 2.45) is 23.3 Å². The van der Waals surface area contributed by atoms with E-state index in [0.717, 1.165) is 51.4 Å². The lowest BCUT2D eigenvalue weighted by molar-refractivity contribution is -0.127. The van der Waals surface area contributed by atoms with Crippen molar-refractivity contribution in [3.63, 3.8) is 0 Å². The van der Waals surface area contributed by atoms with Gasteiger partial charge in [0.2, 0.25) is 11.8 Å². The molecule has 2 amide bonds. The highest BCUT2D eigenvalue weighted by atomic mass is 35.5. The summed E-state index contributed by atoms with van der Waals surface area (Å²) in [4.78, 5) is 23.3. The van der Waals surface area contributed by atoms with Crippen LogP contribution in [0.5, 0.6) is 0 Å². The van der Waals surface area contributed by atoms with E-state index in [1.54, 1.807) is 0 Å². The van der Waals surface area contributed by atoms with Crippen LogP contribution in [0.3, 0.4) is 0 Å². The summed E-state index contributed by atoms with van der Waals surface area (Å²) in [6.07, 6.45) is 7.16. The summed E-state index contributed by atoms with van der Waals surface area (Å²) < 4.78 is 0. The van der Waals surface area contributed by atoms with Gasteiger partial charge < -0.3 is 16.8 Å². The molecular formula is C14H26ClN3O2. The molecule has 0 aromatic rings. The Morgan fingerprint density at radius 3 is 2.15 bits per heavy atom. The van der Waals surface area contributed by atoms with E-state index in [0.29, 0.717) is 0 Å². The Kier molecular flexibility index (Phi) is 6.76. The summed E-state index contributed by atoms with van der Waals surface area (Å²) in [7, 11) is 0. The molecular weight excluding hydrogens is 278 g/mol. The molecule has 0 heterocycles. The summed E-state index contributed by atoms with van der Waals surface area (Å²) in [6, 6.07) is 0.386. The average molecular weight is 304 g/mol. The topological polar surface area (TPSA) is 98.2 Å². The lowest BCUT2D eigenvalue weighted by Gasteiger charge is -2.31. The monoisotopic (exact) mass is 303 g/mol. The second-order valence-corrected chi connectivity index (χ2v) is 6.08. The van der Waals surface area contributed by atoms with Crippen molar-refractivity contribution in [2.45, 2.75) is 63.5 Å². The number of hydrogen-bond acceptors (Lipinski definition) is 3. The second kappa shape index (κ2) is 7.84. The lowest BCUT2D eigenvalue weighted by Crippen LogP contribution is -2.44. The van der Waals surface area contributed by atoms with Gasteiger partial charge in [-0.25, -0.2) is 0 Å². The maximum Gasteiger partial charge on any atom is 0.223 e. The summed E-state index contributed by atoms with van der Waals surface area (Å²) >= 11 is 0. The molecule has 5 N–H and O–H groups in total. The Balaban J connectivity index is 0.00000200. The zero-order valence-corrected chi connectivity index (χ0v) is 12.7. The standard InChI is InChI=1S/C14H25N3O2.ClH/c15-11-3-1-2-10(8-11)14(19)17-12-6-4-9(5-7-12)13(16)18;/h9-12H,1-8,15H2,(H2,16,18)(H,17,19);1H. The number of nitrogens with one attached hydrogen (secondary N) is 1. The maximum atomic E-state index is 12.2. The van der Waals surface area contributed by atoms with Crippen molar-refractivity contribution < 1.29 is 9.59 Å². The SMILES string of the molecule is Cl.NC(=O)C1CCC(NC(=O)C2CCCC(N)C2)CC1. The first-order valence-electron chi connectivity index (χ1n) is 7.41. The molecule has 2 aliphatic carbocycles. The van der Waals surface area contributed by atoms with Crippen molar-refractivity contribution in [1.82, 2.24) is 5.32 Å². The number of carbonyl (C=O) groups is 2. The van der Waals surface area contributed by atoms with Gasteiger partial charge in [0.25, 0.3) is 0 Å². The molecule has 0 aromatic carbocycles. The quantitative estimate of drug-likeness (QED) is 0.727. The highest BCUT2D eigenvalue weighted by Gasteiger charge is 2.29. The maximum absolute atomic E-state index is 12.2. The van der Waals surface area contributed by atoms with Crippen LogP contribution in [-0.4, -0.2) is 23.9 Å². The largest absolute Gasteiger partial charge is 0.369 e. The molecule has 2 fully saturated rings. The number of nitrogens with two attached hydrogens (primary N) is 2. The third-order valence-electron chi connectivity index (χ3n) is 4.56. The summed E-state index contributed by atoms with van der Waals surface area (Å²) in [5.41, 5.74) is 11.2. The van der Waals surface area contributed by atoms with Gasteiger partial charge in [0.05, 0.1) is 0 Å². The van der Waals surface area contributed by atoms with Crippen molar-refractivity contribution >= 4 is 24.2 Å². The van der Waals surface area contributed by atoms with Gasteiger partial charge in [-0.3, -0.25) is 9.59 Å². The third-order valence-corrected chi connectivity index (χ3v) is 4.56. The molecule has 0 spiro atoms. The lowest BCUT2D eigenvalue weighted by atomic mass is 9.83. The van der Waals surface area contributed by atoms with Crippen LogP contribution in [0.25, 0.3) is 0 Å². The Labute approximate surface area is 126 Å². The molecule has 0 saturated heterocycles. The normalized spacial score (nSPS) is 33.9. The van der Waals surface area contributed by atoms with Crippen LogP contribution in [0.15, 0.2) is 0 Å². The van der Waals surface area contributed by atoms with Crippen LogP contribution in [-0.2, 0) is 9.59 Å². The van der Waals surface area contributed by atoms with Gasteiger partial charge in [-0.2, -0.15) is 0 Å². The molecule has 0 aromatic heterocycles. The molecule has 2 atom stereocenters. The van der Waals surface area contributed by atoms with Gasteiger partial charge in [0.15, 0.2) is 0 Å². The number of carbonyl (C=O) groups excluding carboxylic acids is 2. The van der Waals surface area contributed by atoms with Crippen LogP contribution < -0.4 is 16.8 Å². The van der Waals surface area contributed by atoms with Crippen LogP contribution in [0.2, 0.25) is 0 Å². The minimum absolute atomic E-state index is 0. The summed E-state index contributed by atoms with van der Waals surface area (Å²) in [6.45, 7) is 0. The Bertz CT molecular complexity index is 343. The molecule has 0 radical (unpaired) electrons. The predicted octanol–water partition coefficient (Wildman–Crippen LogP) is 1.09. The molecule has 20 heavy (non-hydrogen) atoms. The van der Waals surface area contributed by atoms with Crippen LogP contribution in [0, 0.1) is 11.8 Å². The van der Waals surface area contributed by atoms with Crippen LogP contribution >= 0.6 is 12.4 Å². The minimum Gasteiger partial charge on any atom is -0.369 e. The smallest absolute Gasteiger partial charge is 0.223 e. The molecule has 2 rings (SSSR count). The molecule has 6 heteroatoms. The second-order valence-electron chi connectivity index (χ2n) is 6.08. The average Bonchev–Trinajstić information content (AvgIpc) is 2.39. The Morgan fingerprint density at radius 2 is 1.60 bits per heavy atom. The molecule has 5 nitrogen and oxygen atoms in total. The first-order chi connectivity index (χ1) is 9.06. The summed E-state index contributed by atoms with van der Waals surface area (Å²) in [5.74, 6) is 0.0228. The predicted molar refractivity (Wildman–Crippen MR) is 80.3 cm³/mol. The highest BCUT2D eigenvalue weighted by Crippen LogP contribution is 2.26. The zero-order valence-electron chi connectivity index (χ0n) is 11.8. The molecule has 0 aliphatic heterocycles. The van der Waals surface area contributed by atoms with E-state index in [-0.39, 0.29) is 48.1 Å². The molecule has 2 saturated carbocycles. The zero-order chi connectivity index (χ0) is 13.8. The van der Waals surface area contributed by atoms with E-state index in [1.807, 2.05) is 0 Å². The fourth-order valence-electron chi connectivity index (χ4n) is 3.31. The first-order valence-corrected chi connectivity index (χ1v) is 7.41. The van der Waals surface area contributed by atoms with Gasteiger partial charge in [-0.1, -0.05) is 6.42 Å². The number of amides is 2. The third kappa shape index (κ3) is 4.63. The minimum atomic E-state index is -0.206. The van der Waals surface area contributed by atoms with Crippen LogP contribution in [0.4, 0.5) is 0 Å². The van der Waals surface area contributed by atoms with Gasteiger partial charge in [-0.05, 0) is 44.9 Å². The fourth-order valence-corrected chi connectivity index (χ4v) is 3.31. The van der Waals surface area contributed by atoms with Crippen molar-refractivity contribution in [3.8, 4) is 0 Å². The van der Waals surface area contributed by atoms with E-state index in [1.165, 1.54) is 0 Å². The highest BCUT2D eigenvalue weighted by molar-refractivity contribution is 5.85.